The number of carbonyl (C=O) groups excluding carboxylic acids is 1. The summed E-state index contributed by atoms with van der Waals surface area (Å²) in [5.41, 5.74) is 1.71. The van der Waals surface area contributed by atoms with Gasteiger partial charge in [0.15, 0.2) is 5.16 Å². The molecule has 0 fully saturated rings. The molecule has 1 N–H and O–H groups in total. The highest BCUT2D eigenvalue weighted by molar-refractivity contribution is 8.00. The quantitative estimate of drug-likeness (QED) is 0.283. The summed E-state index contributed by atoms with van der Waals surface area (Å²) in [5, 5.41) is 4.77. The number of benzene rings is 2. The van der Waals surface area contributed by atoms with E-state index >= 15 is 0 Å². The lowest BCUT2D eigenvalue weighted by atomic mass is 10.2. The first-order valence-electron chi connectivity index (χ1n) is 10.3. The van der Waals surface area contributed by atoms with Crippen LogP contribution in [0.4, 0.5) is 5.69 Å². The number of thioether (sulfide) groups is 1. The molecule has 0 bridgehead atoms. The van der Waals surface area contributed by atoms with Gasteiger partial charge in [0.25, 0.3) is 5.56 Å². The standard InChI is InChI=1S/C24H23N3O4S2/c1-4-20(22(28)25-17-7-5-6-8-19(17)31-3)33-24-26-18-13-14-32-21(18)23(29)27(24)15-9-11-16(30-2)12-10-15/h5-14,20H,4H2,1-3H3,(H,25,28)/t20-/m1/s1. The zero-order valence-electron chi connectivity index (χ0n) is 18.4. The third-order valence-corrected chi connectivity index (χ3v) is 7.26. The van der Waals surface area contributed by atoms with Crippen LogP contribution in [0.1, 0.15) is 13.3 Å². The van der Waals surface area contributed by atoms with E-state index in [1.807, 2.05) is 30.5 Å². The molecule has 0 aliphatic carbocycles. The summed E-state index contributed by atoms with van der Waals surface area (Å²) in [7, 11) is 3.15. The maximum Gasteiger partial charge on any atom is 0.276 e. The number of aromatic nitrogens is 2. The first-order chi connectivity index (χ1) is 16.0. The fraction of sp³-hybridized carbons (Fsp3) is 0.208. The van der Waals surface area contributed by atoms with Gasteiger partial charge in [0, 0.05) is 0 Å². The number of amides is 1. The molecule has 9 heteroatoms. The molecule has 0 saturated carbocycles. The van der Waals surface area contributed by atoms with Crippen molar-refractivity contribution in [1.82, 2.24) is 9.55 Å². The molecule has 1 amide bonds. The minimum Gasteiger partial charge on any atom is -0.497 e. The van der Waals surface area contributed by atoms with Crippen molar-refractivity contribution in [3.05, 3.63) is 70.3 Å². The molecule has 0 unspecified atom stereocenters. The number of hydrogen-bond donors (Lipinski definition) is 1. The molecule has 4 aromatic rings. The Balaban J connectivity index is 1.71. The topological polar surface area (TPSA) is 82.5 Å². The molecule has 170 valence electrons. The summed E-state index contributed by atoms with van der Waals surface area (Å²) in [4.78, 5) is 31.2. The normalized spacial score (nSPS) is 11.8. The maximum atomic E-state index is 13.4. The van der Waals surface area contributed by atoms with Gasteiger partial charge in [0.2, 0.25) is 5.91 Å². The molecule has 0 aliphatic heterocycles. The molecule has 1 atom stereocenters. The molecule has 0 radical (unpaired) electrons. The second-order valence-electron chi connectivity index (χ2n) is 7.07. The molecule has 2 aromatic carbocycles. The molecular formula is C24H23N3O4S2. The highest BCUT2D eigenvalue weighted by Crippen LogP contribution is 2.30. The molecule has 0 spiro atoms. The largest absolute Gasteiger partial charge is 0.497 e. The van der Waals surface area contributed by atoms with Crippen LogP contribution in [-0.4, -0.2) is 34.9 Å². The third-order valence-electron chi connectivity index (χ3n) is 5.06. The van der Waals surface area contributed by atoms with Gasteiger partial charge in [-0.05, 0) is 54.3 Å². The van der Waals surface area contributed by atoms with E-state index in [0.717, 1.165) is 0 Å². The lowest BCUT2D eigenvalue weighted by Crippen LogP contribution is -2.27. The first kappa shape index (κ1) is 22.9. The van der Waals surface area contributed by atoms with Gasteiger partial charge in [-0.1, -0.05) is 30.8 Å². The summed E-state index contributed by atoms with van der Waals surface area (Å²) in [6.07, 6.45) is 0.547. The average molecular weight is 482 g/mol. The van der Waals surface area contributed by atoms with Crippen molar-refractivity contribution in [3.63, 3.8) is 0 Å². The smallest absolute Gasteiger partial charge is 0.276 e. The second kappa shape index (κ2) is 10.1. The van der Waals surface area contributed by atoms with Gasteiger partial charge >= 0.3 is 0 Å². The van der Waals surface area contributed by atoms with Crippen LogP contribution in [0.15, 0.2) is 69.9 Å². The Morgan fingerprint density at radius 3 is 2.58 bits per heavy atom. The van der Waals surface area contributed by atoms with Gasteiger partial charge in [-0.25, -0.2) is 4.98 Å². The van der Waals surface area contributed by atoms with Crippen molar-refractivity contribution in [2.24, 2.45) is 0 Å². The van der Waals surface area contributed by atoms with Crippen molar-refractivity contribution in [3.8, 4) is 17.2 Å². The Kier molecular flexibility index (Phi) is 7.00. The average Bonchev–Trinajstić information content (AvgIpc) is 3.32. The van der Waals surface area contributed by atoms with E-state index in [2.05, 4.69) is 5.32 Å². The first-order valence-corrected chi connectivity index (χ1v) is 12.1. The number of rotatable bonds is 8. The fourth-order valence-electron chi connectivity index (χ4n) is 3.34. The van der Waals surface area contributed by atoms with E-state index in [9.17, 15) is 9.59 Å². The van der Waals surface area contributed by atoms with Crippen LogP contribution in [0.25, 0.3) is 15.9 Å². The minimum absolute atomic E-state index is 0.164. The predicted octanol–water partition coefficient (Wildman–Crippen LogP) is 4.97. The van der Waals surface area contributed by atoms with Crippen LogP contribution in [0.3, 0.4) is 0 Å². The van der Waals surface area contributed by atoms with Crippen LogP contribution in [0.5, 0.6) is 11.5 Å². The highest BCUT2D eigenvalue weighted by atomic mass is 32.2. The number of nitrogens with zero attached hydrogens (tertiary/aromatic N) is 2. The molecule has 0 aliphatic rings. The second-order valence-corrected chi connectivity index (χ2v) is 9.16. The SMILES string of the molecule is CC[C@@H](Sc1nc2ccsc2c(=O)n1-c1ccc(OC)cc1)C(=O)Nc1ccccc1OC. The van der Waals surface area contributed by atoms with Crippen LogP contribution in [0.2, 0.25) is 0 Å². The number of thiophene rings is 1. The summed E-state index contributed by atoms with van der Waals surface area (Å²) in [5.74, 6) is 1.08. The van der Waals surface area contributed by atoms with E-state index in [1.165, 1.54) is 23.1 Å². The lowest BCUT2D eigenvalue weighted by Gasteiger charge is -2.18. The maximum absolute atomic E-state index is 13.4. The van der Waals surface area contributed by atoms with Crippen molar-refractivity contribution < 1.29 is 14.3 Å². The van der Waals surface area contributed by atoms with Gasteiger partial charge in [-0.2, -0.15) is 0 Å². The van der Waals surface area contributed by atoms with Crippen LogP contribution < -0.4 is 20.3 Å². The van der Waals surface area contributed by atoms with Gasteiger partial charge < -0.3 is 14.8 Å². The summed E-state index contributed by atoms with van der Waals surface area (Å²) in [6, 6.07) is 16.3. The molecule has 4 rings (SSSR count). The number of methoxy groups -OCH3 is 2. The lowest BCUT2D eigenvalue weighted by molar-refractivity contribution is -0.115. The Hall–Kier alpha value is -3.30. The number of anilines is 1. The summed E-state index contributed by atoms with van der Waals surface area (Å²) in [6.45, 7) is 1.93. The highest BCUT2D eigenvalue weighted by Gasteiger charge is 2.24. The molecule has 2 heterocycles. The van der Waals surface area contributed by atoms with Crippen molar-refractivity contribution in [2.75, 3.05) is 19.5 Å². The van der Waals surface area contributed by atoms with E-state index in [1.54, 1.807) is 55.2 Å². The minimum atomic E-state index is -0.470. The molecule has 33 heavy (non-hydrogen) atoms. The number of fused-ring (bicyclic) bond motifs is 1. The van der Waals surface area contributed by atoms with Crippen LogP contribution in [-0.2, 0) is 4.79 Å². The van der Waals surface area contributed by atoms with Crippen molar-refractivity contribution in [2.45, 2.75) is 23.8 Å². The Bertz CT molecular complexity index is 1330. The van der Waals surface area contributed by atoms with Crippen molar-refractivity contribution >= 4 is 44.9 Å². The van der Waals surface area contributed by atoms with Crippen LogP contribution in [0, 0.1) is 0 Å². The Morgan fingerprint density at radius 1 is 1.12 bits per heavy atom. The number of hydrogen-bond acceptors (Lipinski definition) is 7. The zero-order chi connectivity index (χ0) is 23.4. The number of para-hydroxylation sites is 2. The van der Waals surface area contributed by atoms with E-state index in [4.69, 9.17) is 14.5 Å². The van der Waals surface area contributed by atoms with Gasteiger partial charge in [-0.15, -0.1) is 11.3 Å². The van der Waals surface area contributed by atoms with E-state index in [0.29, 0.717) is 44.7 Å². The molecule has 7 nitrogen and oxygen atoms in total. The van der Waals surface area contributed by atoms with E-state index in [-0.39, 0.29) is 11.5 Å². The fourth-order valence-corrected chi connectivity index (χ4v) is 5.13. The van der Waals surface area contributed by atoms with E-state index < -0.39 is 5.25 Å². The van der Waals surface area contributed by atoms with Gasteiger partial charge in [0.1, 0.15) is 16.2 Å². The molecule has 2 aromatic heterocycles. The third kappa shape index (κ3) is 4.74. The van der Waals surface area contributed by atoms with Crippen molar-refractivity contribution in [1.29, 1.82) is 0 Å². The van der Waals surface area contributed by atoms with Crippen LogP contribution >= 0.6 is 23.1 Å². The Morgan fingerprint density at radius 2 is 1.88 bits per heavy atom. The number of ether oxygens (including phenoxy) is 2. The summed E-state index contributed by atoms with van der Waals surface area (Å²) < 4.78 is 12.7. The number of nitrogens with one attached hydrogen (secondary N) is 1. The molecular weight excluding hydrogens is 458 g/mol. The summed E-state index contributed by atoms with van der Waals surface area (Å²) >= 11 is 2.62. The molecule has 0 saturated heterocycles. The zero-order valence-corrected chi connectivity index (χ0v) is 20.0. The van der Waals surface area contributed by atoms with Gasteiger partial charge in [-0.3, -0.25) is 14.2 Å². The Labute approximate surface area is 199 Å². The monoisotopic (exact) mass is 481 g/mol. The van der Waals surface area contributed by atoms with Gasteiger partial charge in [0.05, 0.1) is 36.4 Å². The predicted molar refractivity (Wildman–Crippen MR) is 133 cm³/mol. The number of carbonyl (C=O) groups is 1.